The van der Waals surface area contributed by atoms with Gasteiger partial charge in [-0.25, -0.2) is 0 Å². The average Bonchev–Trinajstić information content (AvgIpc) is 3.15. The average molecular weight is 365 g/mol. The monoisotopic (exact) mass is 364 g/mol. The molecule has 5 nitrogen and oxygen atoms in total. The molecule has 1 aliphatic heterocycles. The molecule has 25 heavy (non-hydrogen) atoms. The first-order chi connectivity index (χ1) is 11.6. The highest BCUT2D eigenvalue weighted by Gasteiger charge is 2.56. The Morgan fingerprint density at radius 3 is 2.52 bits per heavy atom. The van der Waals surface area contributed by atoms with Crippen LogP contribution in [-0.2, 0) is 9.59 Å². The second kappa shape index (κ2) is 6.96. The van der Waals surface area contributed by atoms with E-state index < -0.39 is 11.4 Å². The Morgan fingerprint density at radius 1 is 1.20 bits per heavy atom. The quantitative estimate of drug-likeness (QED) is 0.842. The van der Waals surface area contributed by atoms with Gasteiger partial charge in [-0.15, -0.1) is 12.4 Å². The summed E-state index contributed by atoms with van der Waals surface area (Å²) in [6.45, 7) is 1.18. The molecule has 1 amide bonds. The van der Waals surface area contributed by atoms with Crippen LogP contribution in [0.1, 0.15) is 43.7 Å². The molecule has 6 heteroatoms. The van der Waals surface area contributed by atoms with Gasteiger partial charge in [0, 0.05) is 19.1 Å². The van der Waals surface area contributed by atoms with Crippen molar-refractivity contribution in [3.8, 4) is 0 Å². The van der Waals surface area contributed by atoms with Crippen molar-refractivity contribution in [2.45, 2.75) is 44.2 Å². The molecule has 136 valence electrons. The molecule has 3 fully saturated rings. The summed E-state index contributed by atoms with van der Waals surface area (Å²) in [6.07, 6.45) is 4.77. The maximum atomic E-state index is 12.9. The van der Waals surface area contributed by atoms with Crippen molar-refractivity contribution in [3.63, 3.8) is 0 Å². The maximum absolute atomic E-state index is 12.9. The Balaban J connectivity index is 0.00000182. The summed E-state index contributed by atoms with van der Waals surface area (Å²) in [6, 6.07) is 9.69. The van der Waals surface area contributed by atoms with Crippen LogP contribution in [0.2, 0.25) is 0 Å². The summed E-state index contributed by atoms with van der Waals surface area (Å²) in [4.78, 5) is 26.9. The summed E-state index contributed by atoms with van der Waals surface area (Å²) in [5.41, 5.74) is 0.295. The third-order valence-corrected chi connectivity index (χ3v) is 5.98. The van der Waals surface area contributed by atoms with E-state index in [0.29, 0.717) is 19.1 Å². The number of aliphatic carboxylic acids is 1. The minimum Gasteiger partial charge on any atom is -0.481 e. The zero-order valence-electron chi connectivity index (χ0n) is 14.2. The number of benzene rings is 1. The highest BCUT2D eigenvalue weighted by Crippen LogP contribution is 2.50. The molecule has 2 saturated carbocycles. The summed E-state index contributed by atoms with van der Waals surface area (Å²) in [5.74, 6) is -0.513. The van der Waals surface area contributed by atoms with Crippen LogP contribution in [0.15, 0.2) is 30.3 Å². The van der Waals surface area contributed by atoms with Crippen molar-refractivity contribution in [2.75, 3.05) is 13.1 Å². The molecular formula is C19H25ClN2O3. The molecular weight excluding hydrogens is 340 g/mol. The highest BCUT2D eigenvalue weighted by atomic mass is 35.5. The van der Waals surface area contributed by atoms with Crippen molar-refractivity contribution < 1.29 is 14.7 Å². The van der Waals surface area contributed by atoms with Gasteiger partial charge >= 0.3 is 5.97 Å². The molecule has 1 unspecified atom stereocenters. The largest absolute Gasteiger partial charge is 0.481 e. The van der Waals surface area contributed by atoms with E-state index in [2.05, 4.69) is 10.2 Å². The van der Waals surface area contributed by atoms with Crippen molar-refractivity contribution in [2.24, 2.45) is 11.3 Å². The van der Waals surface area contributed by atoms with Crippen molar-refractivity contribution in [1.82, 2.24) is 10.2 Å². The van der Waals surface area contributed by atoms with Gasteiger partial charge in [0.15, 0.2) is 0 Å². The van der Waals surface area contributed by atoms with E-state index in [1.165, 1.54) is 0 Å². The van der Waals surface area contributed by atoms with Gasteiger partial charge in [-0.05, 0) is 37.2 Å². The molecule has 2 aliphatic carbocycles. The summed E-state index contributed by atoms with van der Waals surface area (Å²) < 4.78 is 0. The number of carboxylic acid groups (broad SMARTS) is 1. The van der Waals surface area contributed by atoms with Gasteiger partial charge in [-0.3, -0.25) is 14.5 Å². The van der Waals surface area contributed by atoms with Gasteiger partial charge in [0.2, 0.25) is 5.91 Å². The first-order valence-corrected chi connectivity index (χ1v) is 8.93. The van der Waals surface area contributed by atoms with Crippen molar-refractivity contribution >= 4 is 24.3 Å². The lowest BCUT2D eigenvalue weighted by Crippen LogP contribution is -2.42. The predicted octanol–water partition coefficient (Wildman–Crippen LogP) is 2.61. The summed E-state index contributed by atoms with van der Waals surface area (Å²) in [5, 5.41) is 12.9. The lowest BCUT2D eigenvalue weighted by Gasteiger charge is -2.29. The molecule has 0 radical (unpaired) electrons. The topological polar surface area (TPSA) is 69.6 Å². The van der Waals surface area contributed by atoms with Gasteiger partial charge < -0.3 is 10.4 Å². The van der Waals surface area contributed by atoms with Crippen LogP contribution in [0.5, 0.6) is 0 Å². The van der Waals surface area contributed by atoms with Crippen LogP contribution >= 0.6 is 12.4 Å². The third kappa shape index (κ3) is 3.27. The standard InChI is InChI=1S/C19H24N2O3.ClH/c22-17(20-15-8-9-15)16(13-5-2-1-3-6-13)21-11-14-7-4-10-19(14,12-21)18(23)24;/h1-3,5-6,14-16H,4,7-12H2,(H,20,22)(H,23,24);1H/t14-,16?,19+;/m0./s1. The van der Waals surface area contributed by atoms with Gasteiger partial charge in [0.05, 0.1) is 5.41 Å². The van der Waals surface area contributed by atoms with Crippen molar-refractivity contribution in [1.29, 1.82) is 0 Å². The lowest BCUT2D eigenvalue weighted by molar-refractivity contribution is -0.149. The number of carboxylic acids is 1. The van der Waals surface area contributed by atoms with Crippen molar-refractivity contribution in [3.05, 3.63) is 35.9 Å². The zero-order valence-corrected chi connectivity index (χ0v) is 15.0. The number of rotatable bonds is 5. The van der Waals surface area contributed by atoms with E-state index in [-0.39, 0.29) is 30.3 Å². The number of hydrogen-bond acceptors (Lipinski definition) is 3. The molecule has 1 saturated heterocycles. The molecule has 1 heterocycles. The first-order valence-electron chi connectivity index (χ1n) is 8.93. The number of hydrogen-bond donors (Lipinski definition) is 2. The van der Waals surface area contributed by atoms with Crippen LogP contribution in [0.3, 0.4) is 0 Å². The molecule has 2 N–H and O–H groups in total. The number of nitrogens with zero attached hydrogens (tertiary/aromatic N) is 1. The minimum absolute atomic E-state index is 0. The van der Waals surface area contributed by atoms with E-state index in [4.69, 9.17) is 0 Å². The van der Waals surface area contributed by atoms with Crippen LogP contribution < -0.4 is 5.32 Å². The molecule has 4 rings (SSSR count). The Kier molecular flexibility index (Phi) is 5.07. The number of fused-ring (bicyclic) bond motifs is 1. The SMILES string of the molecule is Cl.O=C(NC1CC1)C(c1ccccc1)N1C[C@@H]2CCC[C@@]2(C(=O)O)C1. The number of amides is 1. The fraction of sp³-hybridized carbons (Fsp3) is 0.579. The van der Waals surface area contributed by atoms with Gasteiger partial charge in [0.1, 0.15) is 6.04 Å². The third-order valence-electron chi connectivity index (χ3n) is 5.98. The normalized spacial score (nSPS) is 29.5. The van der Waals surface area contributed by atoms with Gasteiger partial charge in [-0.1, -0.05) is 36.8 Å². The minimum atomic E-state index is -0.693. The fourth-order valence-corrected chi connectivity index (χ4v) is 4.55. The van der Waals surface area contributed by atoms with Gasteiger partial charge in [-0.2, -0.15) is 0 Å². The van der Waals surface area contributed by atoms with E-state index in [1.807, 2.05) is 30.3 Å². The van der Waals surface area contributed by atoms with E-state index in [9.17, 15) is 14.7 Å². The van der Waals surface area contributed by atoms with Crippen LogP contribution in [0, 0.1) is 11.3 Å². The molecule has 0 aromatic heterocycles. The summed E-state index contributed by atoms with van der Waals surface area (Å²) in [7, 11) is 0. The molecule has 1 aromatic rings. The number of halogens is 1. The number of nitrogens with one attached hydrogen (secondary N) is 1. The molecule has 0 spiro atoms. The van der Waals surface area contributed by atoms with Crippen LogP contribution in [0.4, 0.5) is 0 Å². The number of likely N-dealkylation sites (tertiary alicyclic amines) is 1. The zero-order chi connectivity index (χ0) is 16.7. The molecule has 0 bridgehead atoms. The number of carbonyl (C=O) groups excluding carboxylic acids is 1. The summed E-state index contributed by atoms with van der Waals surface area (Å²) >= 11 is 0. The maximum Gasteiger partial charge on any atom is 0.311 e. The molecule has 3 aliphatic rings. The Morgan fingerprint density at radius 2 is 1.92 bits per heavy atom. The van der Waals surface area contributed by atoms with Crippen LogP contribution in [0.25, 0.3) is 0 Å². The van der Waals surface area contributed by atoms with E-state index in [1.54, 1.807) is 0 Å². The highest BCUT2D eigenvalue weighted by molar-refractivity contribution is 5.85. The lowest BCUT2D eigenvalue weighted by atomic mass is 9.81. The second-order valence-electron chi connectivity index (χ2n) is 7.58. The van der Waals surface area contributed by atoms with E-state index >= 15 is 0 Å². The van der Waals surface area contributed by atoms with E-state index in [0.717, 1.165) is 37.7 Å². The smallest absolute Gasteiger partial charge is 0.311 e. The molecule has 1 aromatic carbocycles. The first kappa shape index (κ1) is 18.2. The fourth-order valence-electron chi connectivity index (χ4n) is 4.55. The Labute approximate surface area is 154 Å². The van der Waals surface area contributed by atoms with Gasteiger partial charge in [0.25, 0.3) is 0 Å². The second-order valence-corrected chi connectivity index (χ2v) is 7.58. The molecule has 3 atom stereocenters. The predicted molar refractivity (Wildman–Crippen MR) is 96.6 cm³/mol. The number of carbonyl (C=O) groups is 2. The Bertz CT molecular complexity index is 649. The Hall–Kier alpha value is -1.59. The van der Waals surface area contributed by atoms with Crippen LogP contribution in [-0.4, -0.2) is 41.0 Å².